The molecule has 1 atom stereocenters. The molecule has 1 aliphatic heterocycles. The SMILES string of the molecule is CC(C)(C)OC(=O)N(OC(=O)[C@@H]1CCCN1C(=O)OC(C)(C)C)C(=O)CN. The van der Waals surface area contributed by atoms with Gasteiger partial charge in [0.25, 0.3) is 5.91 Å². The smallest absolute Gasteiger partial charge is 0.444 e. The first-order valence-corrected chi connectivity index (χ1v) is 8.72. The van der Waals surface area contributed by atoms with Crippen LogP contribution in [0.5, 0.6) is 0 Å². The average molecular weight is 387 g/mol. The number of likely N-dealkylation sites (tertiary alicyclic amines) is 1. The van der Waals surface area contributed by atoms with Gasteiger partial charge in [-0.25, -0.2) is 14.4 Å². The van der Waals surface area contributed by atoms with E-state index in [1.54, 1.807) is 41.5 Å². The van der Waals surface area contributed by atoms with Gasteiger partial charge in [-0.3, -0.25) is 9.69 Å². The van der Waals surface area contributed by atoms with E-state index in [2.05, 4.69) is 0 Å². The third-order valence-electron chi connectivity index (χ3n) is 3.29. The van der Waals surface area contributed by atoms with Crippen molar-refractivity contribution in [2.75, 3.05) is 13.1 Å². The van der Waals surface area contributed by atoms with E-state index in [0.717, 1.165) is 0 Å². The van der Waals surface area contributed by atoms with Crippen LogP contribution < -0.4 is 5.73 Å². The lowest BCUT2D eigenvalue weighted by Crippen LogP contribution is -2.49. The minimum absolute atomic E-state index is 0.194. The minimum Gasteiger partial charge on any atom is -0.444 e. The largest absolute Gasteiger partial charge is 0.451 e. The quantitative estimate of drug-likeness (QED) is 0.707. The van der Waals surface area contributed by atoms with Crippen LogP contribution in [0.2, 0.25) is 0 Å². The molecule has 0 aromatic heterocycles. The van der Waals surface area contributed by atoms with Crippen LogP contribution in [0.25, 0.3) is 0 Å². The zero-order valence-electron chi connectivity index (χ0n) is 16.7. The van der Waals surface area contributed by atoms with Gasteiger partial charge in [-0.2, -0.15) is 0 Å². The van der Waals surface area contributed by atoms with Crippen LogP contribution in [0.4, 0.5) is 9.59 Å². The lowest BCUT2D eigenvalue weighted by molar-refractivity contribution is -0.195. The first-order chi connectivity index (χ1) is 12.2. The van der Waals surface area contributed by atoms with Crippen LogP contribution in [0.15, 0.2) is 0 Å². The molecule has 0 bridgehead atoms. The number of ether oxygens (including phenoxy) is 2. The average Bonchev–Trinajstić information content (AvgIpc) is 2.97. The zero-order valence-corrected chi connectivity index (χ0v) is 16.7. The van der Waals surface area contributed by atoms with Crippen molar-refractivity contribution in [1.82, 2.24) is 9.96 Å². The molecular formula is C17H29N3O7. The van der Waals surface area contributed by atoms with E-state index in [-0.39, 0.29) is 5.06 Å². The summed E-state index contributed by atoms with van der Waals surface area (Å²) < 4.78 is 10.3. The summed E-state index contributed by atoms with van der Waals surface area (Å²) in [6, 6.07) is -0.977. The Morgan fingerprint density at radius 1 is 1.04 bits per heavy atom. The molecule has 1 fully saturated rings. The normalized spacial score (nSPS) is 17.3. The summed E-state index contributed by atoms with van der Waals surface area (Å²) in [5, 5.41) is 0.194. The number of hydrogen-bond donors (Lipinski definition) is 1. The van der Waals surface area contributed by atoms with Crippen molar-refractivity contribution < 1.29 is 33.5 Å². The van der Waals surface area contributed by atoms with Crippen LogP contribution in [-0.2, 0) is 23.9 Å². The number of carbonyl (C=O) groups excluding carboxylic acids is 4. The van der Waals surface area contributed by atoms with E-state index < -0.39 is 47.9 Å². The molecule has 0 aliphatic carbocycles. The summed E-state index contributed by atoms with van der Waals surface area (Å²) in [7, 11) is 0. The molecule has 0 unspecified atom stereocenters. The zero-order chi connectivity index (χ0) is 21.0. The van der Waals surface area contributed by atoms with Crippen LogP contribution in [0, 0.1) is 0 Å². The van der Waals surface area contributed by atoms with Crippen LogP contribution in [-0.4, -0.2) is 64.4 Å². The van der Waals surface area contributed by atoms with E-state index in [4.69, 9.17) is 20.0 Å². The van der Waals surface area contributed by atoms with Gasteiger partial charge in [0.2, 0.25) is 0 Å². The summed E-state index contributed by atoms with van der Waals surface area (Å²) in [6.45, 7) is 9.64. The molecule has 3 amide bonds. The Hall–Kier alpha value is -2.36. The Morgan fingerprint density at radius 3 is 2.07 bits per heavy atom. The maximum Gasteiger partial charge on any atom is 0.451 e. The van der Waals surface area contributed by atoms with Crippen molar-refractivity contribution in [3.8, 4) is 0 Å². The molecule has 10 nitrogen and oxygen atoms in total. The first-order valence-electron chi connectivity index (χ1n) is 8.72. The Labute approximate surface area is 158 Å². The fourth-order valence-electron chi connectivity index (χ4n) is 2.28. The van der Waals surface area contributed by atoms with E-state index >= 15 is 0 Å². The number of rotatable bonds is 2. The van der Waals surface area contributed by atoms with E-state index in [9.17, 15) is 19.2 Å². The molecule has 27 heavy (non-hydrogen) atoms. The van der Waals surface area contributed by atoms with Crippen LogP contribution in [0.3, 0.4) is 0 Å². The number of imide groups is 1. The van der Waals surface area contributed by atoms with Gasteiger partial charge in [-0.1, -0.05) is 5.06 Å². The maximum atomic E-state index is 12.5. The van der Waals surface area contributed by atoms with Crippen LogP contribution >= 0.6 is 0 Å². The second-order valence-electron chi connectivity index (χ2n) is 8.11. The van der Waals surface area contributed by atoms with Crippen molar-refractivity contribution in [3.63, 3.8) is 0 Å². The third-order valence-corrected chi connectivity index (χ3v) is 3.29. The van der Waals surface area contributed by atoms with Gasteiger partial charge in [0.15, 0.2) is 0 Å². The molecule has 0 radical (unpaired) electrons. The summed E-state index contributed by atoms with van der Waals surface area (Å²) in [4.78, 5) is 55.0. The minimum atomic E-state index is -1.16. The monoisotopic (exact) mass is 387 g/mol. The van der Waals surface area contributed by atoms with Gasteiger partial charge in [-0.15, -0.1) is 0 Å². The molecule has 0 aromatic rings. The fraction of sp³-hybridized carbons (Fsp3) is 0.765. The van der Waals surface area contributed by atoms with Gasteiger partial charge in [0.05, 0.1) is 6.54 Å². The molecule has 1 saturated heterocycles. The molecule has 1 aliphatic rings. The number of amides is 3. The Kier molecular flexibility index (Phi) is 7.18. The van der Waals surface area contributed by atoms with Gasteiger partial charge in [0.1, 0.15) is 17.2 Å². The van der Waals surface area contributed by atoms with Crippen molar-refractivity contribution in [2.24, 2.45) is 5.73 Å². The number of hydroxylamine groups is 2. The van der Waals surface area contributed by atoms with Crippen molar-refractivity contribution in [2.45, 2.75) is 71.6 Å². The second kappa shape index (κ2) is 8.55. The van der Waals surface area contributed by atoms with Crippen molar-refractivity contribution >= 4 is 24.1 Å². The molecule has 1 heterocycles. The summed E-state index contributed by atoms with van der Waals surface area (Å²) >= 11 is 0. The maximum absolute atomic E-state index is 12.5. The van der Waals surface area contributed by atoms with E-state index in [1.807, 2.05) is 0 Å². The van der Waals surface area contributed by atoms with Gasteiger partial charge < -0.3 is 20.0 Å². The third kappa shape index (κ3) is 7.05. The highest BCUT2D eigenvalue weighted by Crippen LogP contribution is 2.22. The molecule has 0 saturated carbocycles. The standard InChI is InChI=1S/C17H29N3O7/c1-16(2,3)25-14(23)19-9-7-8-11(19)13(22)27-20(12(21)10-18)15(24)26-17(4,5)6/h11H,7-10,18H2,1-6H3/t11-/m0/s1. The predicted molar refractivity (Wildman–Crippen MR) is 94.2 cm³/mol. The fourth-order valence-corrected chi connectivity index (χ4v) is 2.28. The second-order valence-corrected chi connectivity index (χ2v) is 8.11. The summed E-state index contributed by atoms with van der Waals surface area (Å²) in [5.74, 6) is -1.88. The molecule has 1 rings (SSSR count). The molecular weight excluding hydrogens is 358 g/mol. The Bertz CT molecular complexity index is 592. The van der Waals surface area contributed by atoms with Crippen molar-refractivity contribution in [3.05, 3.63) is 0 Å². The van der Waals surface area contributed by atoms with E-state index in [0.29, 0.717) is 19.4 Å². The highest BCUT2D eigenvalue weighted by Gasteiger charge is 2.40. The van der Waals surface area contributed by atoms with Crippen molar-refractivity contribution in [1.29, 1.82) is 0 Å². The van der Waals surface area contributed by atoms with Gasteiger partial charge >= 0.3 is 18.2 Å². The number of carbonyl (C=O) groups is 4. The van der Waals surface area contributed by atoms with Gasteiger partial charge in [-0.05, 0) is 54.4 Å². The molecule has 10 heteroatoms. The summed E-state index contributed by atoms with van der Waals surface area (Å²) in [6.07, 6.45) is -0.961. The Balaban J connectivity index is 2.89. The molecule has 0 spiro atoms. The summed E-state index contributed by atoms with van der Waals surface area (Å²) in [5.41, 5.74) is 3.63. The lowest BCUT2D eigenvalue weighted by atomic mass is 10.2. The van der Waals surface area contributed by atoms with Crippen LogP contribution in [0.1, 0.15) is 54.4 Å². The topological polar surface area (TPSA) is 128 Å². The number of nitrogens with two attached hydrogens (primary N) is 1. The highest BCUT2D eigenvalue weighted by molar-refractivity contribution is 5.94. The molecule has 0 aromatic carbocycles. The predicted octanol–water partition coefficient (Wildman–Crippen LogP) is 1.57. The highest BCUT2D eigenvalue weighted by atomic mass is 16.8. The molecule has 154 valence electrons. The first kappa shape index (κ1) is 22.7. The van der Waals surface area contributed by atoms with E-state index in [1.165, 1.54) is 4.90 Å². The molecule has 2 N–H and O–H groups in total. The van der Waals surface area contributed by atoms with Gasteiger partial charge in [0, 0.05) is 6.54 Å². The Morgan fingerprint density at radius 2 is 1.59 bits per heavy atom. The number of hydrogen-bond acceptors (Lipinski definition) is 8. The lowest BCUT2D eigenvalue weighted by Gasteiger charge is -2.29. The number of nitrogens with zero attached hydrogens (tertiary/aromatic N) is 2.